The lowest BCUT2D eigenvalue weighted by atomic mass is 10.0. The van der Waals surface area contributed by atoms with Gasteiger partial charge in [0.05, 0.1) is 0 Å². The van der Waals surface area contributed by atoms with Crippen LogP contribution < -0.4 is 0 Å². The zero-order valence-electron chi connectivity index (χ0n) is 9.99. The van der Waals surface area contributed by atoms with E-state index in [0.717, 1.165) is 0 Å². The van der Waals surface area contributed by atoms with Crippen molar-refractivity contribution in [1.29, 1.82) is 0 Å². The lowest BCUT2D eigenvalue weighted by Gasteiger charge is -2.27. The van der Waals surface area contributed by atoms with Gasteiger partial charge in [0.2, 0.25) is 0 Å². The maximum absolute atomic E-state index is 11.8. The first-order chi connectivity index (χ1) is 6.69. The Morgan fingerprint density at radius 2 is 1.53 bits per heavy atom. The highest BCUT2D eigenvalue weighted by Gasteiger charge is 2.44. The van der Waals surface area contributed by atoms with Gasteiger partial charge < -0.3 is 4.74 Å². The van der Waals surface area contributed by atoms with E-state index < -0.39 is 24.4 Å². The largest absolute Gasteiger partial charge is 0.459 e. The Bertz CT molecular complexity index is 287. The molecule has 15 heavy (non-hydrogen) atoms. The van der Waals surface area contributed by atoms with E-state index in [9.17, 15) is 13.9 Å². The summed E-state index contributed by atoms with van der Waals surface area (Å²) in [5.74, 6) is -0.642. The van der Waals surface area contributed by atoms with Gasteiger partial charge in [-0.25, -0.2) is 9.13 Å². The molecule has 0 N–H and O–H groups in total. The predicted octanol–water partition coefficient (Wildman–Crippen LogP) is 3.06. The smallest absolute Gasteiger partial charge is 0.333 e. The molecule has 0 aromatic heterocycles. The topological polar surface area (TPSA) is 60.4 Å². The molecule has 0 heterocycles. The molecule has 0 radical (unpaired) electrons. The molecule has 0 bridgehead atoms. The number of carbonyl (C=O) groups excluding carboxylic acids is 1. The summed E-state index contributed by atoms with van der Waals surface area (Å²) in [4.78, 5) is 11.8. The van der Waals surface area contributed by atoms with Crippen molar-refractivity contribution in [2.75, 3.05) is 0 Å². The summed E-state index contributed by atoms with van der Waals surface area (Å²) in [7, 11) is -2.82. The minimum atomic E-state index is -2.82. The first-order valence-corrected chi connectivity index (χ1v) is 6.25. The summed E-state index contributed by atoms with van der Waals surface area (Å²) in [5, 5.41) is -1.36. The molecule has 0 aromatic carbocycles. The number of carbonyl (C=O) groups is 1. The number of rotatable bonds is 4. The Labute approximate surface area is 91.2 Å². The maximum Gasteiger partial charge on any atom is 0.333 e. The van der Waals surface area contributed by atoms with Gasteiger partial charge in [-0.3, -0.25) is 4.79 Å². The van der Waals surface area contributed by atoms with Gasteiger partial charge in [0.1, 0.15) is 5.60 Å². The van der Waals surface area contributed by atoms with Gasteiger partial charge in [0.25, 0.3) is 0 Å². The van der Waals surface area contributed by atoms with Crippen LogP contribution in [0.15, 0.2) is 0 Å². The second kappa shape index (κ2) is 4.93. The SMILES string of the molecule is CCC(CC)(C(=O)OC(C)(C)C)P(=O)=O. The minimum absolute atomic E-state index is 0.247. The Hall–Kier alpha value is -0.630. The van der Waals surface area contributed by atoms with E-state index in [2.05, 4.69) is 0 Å². The third-order valence-corrected chi connectivity index (χ3v) is 3.81. The second-order valence-electron chi connectivity index (χ2n) is 4.50. The van der Waals surface area contributed by atoms with Crippen LogP contribution in [0, 0.1) is 0 Å². The molecular formula is C10H19O4P. The van der Waals surface area contributed by atoms with Crippen LogP contribution in [-0.4, -0.2) is 16.7 Å². The molecule has 88 valence electrons. The van der Waals surface area contributed by atoms with Crippen LogP contribution in [0.2, 0.25) is 0 Å². The van der Waals surface area contributed by atoms with Crippen molar-refractivity contribution in [3.8, 4) is 0 Å². The molecule has 0 rings (SSSR count). The van der Waals surface area contributed by atoms with E-state index in [-0.39, 0.29) is 12.8 Å². The monoisotopic (exact) mass is 234 g/mol. The van der Waals surface area contributed by atoms with E-state index in [4.69, 9.17) is 4.74 Å². The predicted molar refractivity (Wildman–Crippen MR) is 57.5 cm³/mol. The number of hydrogen-bond acceptors (Lipinski definition) is 4. The van der Waals surface area contributed by atoms with Crippen LogP contribution in [0.1, 0.15) is 47.5 Å². The average Bonchev–Trinajstić information content (AvgIpc) is 2.03. The Kier molecular flexibility index (Phi) is 4.72. The van der Waals surface area contributed by atoms with Crippen molar-refractivity contribution in [3.05, 3.63) is 0 Å². The van der Waals surface area contributed by atoms with E-state index in [1.165, 1.54) is 0 Å². The fourth-order valence-electron chi connectivity index (χ4n) is 1.24. The van der Waals surface area contributed by atoms with Crippen molar-refractivity contribution in [2.45, 2.75) is 58.2 Å². The van der Waals surface area contributed by atoms with Crippen LogP contribution in [0.5, 0.6) is 0 Å². The van der Waals surface area contributed by atoms with E-state index in [1.54, 1.807) is 34.6 Å². The van der Waals surface area contributed by atoms with Gasteiger partial charge in [-0.2, -0.15) is 0 Å². The maximum atomic E-state index is 11.8. The highest BCUT2D eigenvalue weighted by molar-refractivity contribution is 7.34. The zero-order valence-corrected chi connectivity index (χ0v) is 10.9. The third-order valence-electron chi connectivity index (χ3n) is 2.30. The summed E-state index contributed by atoms with van der Waals surface area (Å²) < 4.78 is 27.4. The van der Waals surface area contributed by atoms with Gasteiger partial charge in [-0.1, -0.05) is 13.8 Å². The third kappa shape index (κ3) is 3.45. The summed E-state index contributed by atoms with van der Waals surface area (Å²) in [6.45, 7) is 8.52. The first-order valence-electron chi connectivity index (χ1n) is 5.07. The molecule has 4 nitrogen and oxygen atoms in total. The van der Waals surface area contributed by atoms with E-state index >= 15 is 0 Å². The van der Waals surface area contributed by atoms with E-state index in [1.807, 2.05) is 0 Å². The summed E-state index contributed by atoms with van der Waals surface area (Å²) >= 11 is 0. The van der Waals surface area contributed by atoms with Crippen LogP contribution >= 0.6 is 7.68 Å². The van der Waals surface area contributed by atoms with Crippen LogP contribution in [0.25, 0.3) is 0 Å². The highest BCUT2D eigenvalue weighted by Crippen LogP contribution is 2.38. The molecule has 0 saturated heterocycles. The fourth-order valence-corrected chi connectivity index (χ4v) is 1.96. The number of ether oxygens (including phenoxy) is 1. The quantitative estimate of drug-likeness (QED) is 0.554. The van der Waals surface area contributed by atoms with Crippen molar-refractivity contribution in [2.24, 2.45) is 0 Å². The molecule has 0 amide bonds. The molecule has 0 aliphatic carbocycles. The molecule has 0 atom stereocenters. The second-order valence-corrected chi connectivity index (χ2v) is 5.87. The Morgan fingerprint density at radius 3 is 1.73 bits per heavy atom. The number of hydrogen-bond donors (Lipinski definition) is 0. The fraction of sp³-hybridized carbons (Fsp3) is 0.900. The first kappa shape index (κ1) is 14.4. The van der Waals surface area contributed by atoms with Gasteiger partial charge in [-0.15, -0.1) is 0 Å². The molecule has 0 fully saturated rings. The molecule has 0 saturated carbocycles. The summed E-state index contributed by atoms with van der Waals surface area (Å²) in [6, 6.07) is 0. The van der Waals surface area contributed by atoms with Crippen LogP contribution in [0.4, 0.5) is 0 Å². The summed E-state index contributed by atoms with van der Waals surface area (Å²) in [6.07, 6.45) is 0.494. The van der Waals surface area contributed by atoms with Crippen molar-refractivity contribution in [1.82, 2.24) is 0 Å². The molecule has 0 aliphatic heterocycles. The van der Waals surface area contributed by atoms with E-state index in [0.29, 0.717) is 0 Å². The molecular weight excluding hydrogens is 215 g/mol. The molecule has 0 spiro atoms. The van der Waals surface area contributed by atoms with Gasteiger partial charge >= 0.3 is 13.6 Å². The lowest BCUT2D eigenvalue weighted by molar-refractivity contribution is -0.158. The zero-order chi connectivity index (χ0) is 12.3. The van der Waals surface area contributed by atoms with Crippen molar-refractivity contribution in [3.63, 3.8) is 0 Å². The Balaban J connectivity index is 5.03. The number of esters is 1. The summed E-state index contributed by atoms with van der Waals surface area (Å²) in [5.41, 5.74) is -0.655. The van der Waals surface area contributed by atoms with Crippen molar-refractivity contribution >= 4 is 13.6 Å². The van der Waals surface area contributed by atoms with Crippen LogP contribution in [0.3, 0.4) is 0 Å². The molecule has 0 aliphatic rings. The molecule has 5 heteroatoms. The lowest BCUT2D eigenvalue weighted by Crippen LogP contribution is -2.39. The van der Waals surface area contributed by atoms with Gasteiger partial charge in [-0.05, 0) is 33.6 Å². The normalized spacial score (nSPS) is 12.3. The highest BCUT2D eigenvalue weighted by atomic mass is 31.1. The van der Waals surface area contributed by atoms with Crippen LogP contribution in [-0.2, 0) is 18.7 Å². The average molecular weight is 234 g/mol. The minimum Gasteiger partial charge on any atom is -0.459 e. The molecule has 0 unspecified atom stereocenters. The van der Waals surface area contributed by atoms with Gasteiger partial charge in [0, 0.05) is 0 Å². The van der Waals surface area contributed by atoms with Gasteiger partial charge in [0.15, 0.2) is 5.16 Å². The standard InChI is InChI=1S/C10H19O4P/c1-6-10(7-2,15(12)13)8(11)14-9(3,4)5/h6-7H2,1-5H3. The van der Waals surface area contributed by atoms with Crippen molar-refractivity contribution < 1.29 is 18.7 Å². The molecule has 0 aromatic rings. The Morgan fingerprint density at radius 1 is 1.13 bits per heavy atom.